The zero-order chi connectivity index (χ0) is 23.8. The molecule has 0 spiro atoms. The first-order chi connectivity index (χ1) is 16.4. The van der Waals surface area contributed by atoms with Crippen molar-refractivity contribution in [1.82, 2.24) is 29.5 Å². The Balaban J connectivity index is 1.51. The number of rotatable bonds is 7. The maximum absolute atomic E-state index is 13.5. The van der Waals surface area contributed by atoms with Crippen LogP contribution >= 0.6 is 0 Å². The van der Waals surface area contributed by atoms with E-state index < -0.39 is 6.43 Å². The van der Waals surface area contributed by atoms with Gasteiger partial charge in [0.15, 0.2) is 5.82 Å². The van der Waals surface area contributed by atoms with E-state index in [9.17, 15) is 8.78 Å². The van der Waals surface area contributed by atoms with Gasteiger partial charge in [-0.1, -0.05) is 12.1 Å². The number of nitrogens with zero attached hydrogens (tertiary/aromatic N) is 7. The molecule has 1 aliphatic rings. The Morgan fingerprint density at radius 2 is 1.88 bits per heavy atom. The molecule has 34 heavy (non-hydrogen) atoms. The Bertz CT molecular complexity index is 1380. The van der Waals surface area contributed by atoms with Gasteiger partial charge in [0.25, 0.3) is 6.43 Å². The topological polar surface area (TPSA) is 97.2 Å². The van der Waals surface area contributed by atoms with Gasteiger partial charge in [0, 0.05) is 23.7 Å². The molecule has 1 aromatic carbocycles. The smallest absolute Gasteiger partial charge is 0.280 e. The number of halogens is 2. The summed E-state index contributed by atoms with van der Waals surface area (Å²) in [6.07, 6.45) is 0.974. The van der Waals surface area contributed by atoms with E-state index in [0.717, 1.165) is 46.7 Å². The molecule has 0 amide bonds. The lowest BCUT2D eigenvalue weighted by molar-refractivity contribution is 0.142. The Labute approximate surface area is 194 Å². The van der Waals surface area contributed by atoms with Crippen molar-refractivity contribution in [3.63, 3.8) is 0 Å². The molecule has 0 atom stereocenters. The van der Waals surface area contributed by atoms with Gasteiger partial charge < -0.3 is 5.32 Å². The van der Waals surface area contributed by atoms with Gasteiger partial charge in [-0.05, 0) is 50.8 Å². The Kier molecular flexibility index (Phi) is 5.53. The number of benzene rings is 1. The van der Waals surface area contributed by atoms with Crippen LogP contribution in [-0.2, 0) is 6.54 Å². The van der Waals surface area contributed by atoms with Crippen LogP contribution < -0.4 is 5.32 Å². The van der Waals surface area contributed by atoms with Gasteiger partial charge >= 0.3 is 0 Å². The molecular weight excluding hydrogens is 438 g/mol. The van der Waals surface area contributed by atoms with E-state index in [-0.39, 0.29) is 11.5 Å². The van der Waals surface area contributed by atoms with Gasteiger partial charge in [0.05, 0.1) is 23.0 Å². The van der Waals surface area contributed by atoms with E-state index in [0.29, 0.717) is 23.0 Å². The van der Waals surface area contributed by atoms with Gasteiger partial charge in [-0.2, -0.15) is 15.5 Å². The third-order valence-electron chi connectivity index (χ3n) is 5.80. The van der Waals surface area contributed by atoms with Crippen molar-refractivity contribution in [2.24, 2.45) is 5.92 Å². The third-order valence-corrected chi connectivity index (χ3v) is 5.80. The molecule has 3 aromatic heterocycles. The lowest BCUT2D eigenvalue weighted by Gasteiger charge is -2.11. The quantitative estimate of drug-likeness (QED) is 0.412. The second-order valence-corrected chi connectivity index (χ2v) is 8.45. The van der Waals surface area contributed by atoms with Crippen LogP contribution in [0.1, 0.15) is 41.8 Å². The van der Waals surface area contributed by atoms with Crippen molar-refractivity contribution < 1.29 is 8.78 Å². The van der Waals surface area contributed by atoms with E-state index in [2.05, 4.69) is 26.5 Å². The minimum atomic E-state index is -2.68. The molecule has 5 rings (SSSR count). The number of hydrogen-bond donors (Lipinski definition) is 1. The van der Waals surface area contributed by atoms with Gasteiger partial charge in [-0.3, -0.25) is 0 Å². The SMILES string of the molecule is Cc1cc(C(F)F)n(-c2cc(Nc3c(C)c(-c4ccc(C#N)cc4)nn3CC3CC3)ncn2)n1. The molecule has 0 saturated heterocycles. The molecule has 1 N–H and O–H groups in total. The molecule has 0 bridgehead atoms. The Morgan fingerprint density at radius 1 is 1.12 bits per heavy atom. The van der Waals surface area contributed by atoms with Gasteiger partial charge in [-0.25, -0.2) is 28.1 Å². The van der Waals surface area contributed by atoms with Crippen molar-refractivity contribution >= 4 is 11.6 Å². The molecule has 10 heteroatoms. The highest BCUT2D eigenvalue weighted by molar-refractivity contribution is 5.71. The van der Waals surface area contributed by atoms with Gasteiger partial charge in [-0.15, -0.1) is 0 Å². The number of nitrogens with one attached hydrogen (secondary N) is 1. The van der Waals surface area contributed by atoms with Crippen molar-refractivity contribution in [2.45, 2.75) is 39.7 Å². The largest absolute Gasteiger partial charge is 0.325 e. The second-order valence-electron chi connectivity index (χ2n) is 8.45. The number of hydrogen-bond acceptors (Lipinski definition) is 6. The minimum absolute atomic E-state index is 0.222. The Morgan fingerprint density at radius 3 is 2.56 bits per heavy atom. The zero-order valence-electron chi connectivity index (χ0n) is 18.7. The molecule has 1 saturated carbocycles. The molecule has 3 heterocycles. The van der Waals surface area contributed by atoms with Crippen LogP contribution in [0.15, 0.2) is 42.7 Å². The summed E-state index contributed by atoms with van der Waals surface area (Å²) in [5.74, 6) is 2.06. The summed E-state index contributed by atoms with van der Waals surface area (Å²) >= 11 is 0. The summed E-state index contributed by atoms with van der Waals surface area (Å²) in [4.78, 5) is 8.44. The van der Waals surface area contributed by atoms with E-state index in [1.165, 1.54) is 12.4 Å². The molecule has 0 radical (unpaired) electrons. The second kappa shape index (κ2) is 8.67. The molecule has 1 fully saturated rings. The van der Waals surface area contributed by atoms with Gasteiger partial charge in [0.1, 0.15) is 23.7 Å². The van der Waals surface area contributed by atoms with Crippen LogP contribution in [0, 0.1) is 31.1 Å². The first-order valence-electron chi connectivity index (χ1n) is 10.9. The highest BCUT2D eigenvalue weighted by atomic mass is 19.3. The van der Waals surface area contributed by atoms with Crippen LogP contribution in [0.3, 0.4) is 0 Å². The molecule has 172 valence electrons. The van der Waals surface area contributed by atoms with E-state index >= 15 is 0 Å². The maximum atomic E-state index is 13.5. The van der Waals surface area contributed by atoms with Crippen molar-refractivity contribution in [3.05, 3.63) is 65.2 Å². The van der Waals surface area contributed by atoms with E-state index in [1.54, 1.807) is 25.1 Å². The number of alkyl halides is 2. The first-order valence-corrected chi connectivity index (χ1v) is 10.9. The molecular formula is C24H22F2N8. The van der Waals surface area contributed by atoms with E-state index in [4.69, 9.17) is 10.4 Å². The van der Waals surface area contributed by atoms with Crippen LogP contribution in [0.2, 0.25) is 0 Å². The minimum Gasteiger partial charge on any atom is -0.325 e. The summed E-state index contributed by atoms with van der Waals surface area (Å²) in [5, 5.41) is 21.4. The zero-order valence-corrected chi connectivity index (χ0v) is 18.7. The average Bonchev–Trinajstić information content (AvgIpc) is 3.49. The predicted octanol–water partition coefficient (Wildman–Crippen LogP) is 5.11. The summed E-state index contributed by atoms with van der Waals surface area (Å²) in [6, 6.07) is 12.4. The van der Waals surface area contributed by atoms with Crippen molar-refractivity contribution in [1.29, 1.82) is 5.26 Å². The third kappa shape index (κ3) is 4.24. The maximum Gasteiger partial charge on any atom is 0.280 e. The highest BCUT2D eigenvalue weighted by Crippen LogP contribution is 2.35. The molecule has 0 aliphatic heterocycles. The van der Waals surface area contributed by atoms with Crippen molar-refractivity contribution in [3.8, 4) is 23.1 Å². The molecule has 4 aromatic rings. The summed E-state index contributed by atoms with van der Waals surface area (Å²) < 4.78 is 30.0. The number of anilines is 2. The average molecular weight is 460 g/mol. The van der Waals surface area contributed by atoms with Crippen LogP contribution in [0.25, 0.3) is 17.1 Å². The summed E-state index contributed by atoms with van der Waals surface area (Å²) in [7, 11) is 0. The fourth-order valence-corrected chi connectivity index (χ4v) is 3.87. The standard InChI is InChI=1S/C24H22F2N8/c1-14-9-19(23(25)26)34(31-14)21-10-20(28-13-29-21)30-24-15(2)22(32-33(24)12-17-3-4-17)18-7-5-16(11-27)6-8-18/h5-10,13,17,23H,3-4,12H2,1-2H3,(H,28,29,30). The Hall–Kier alpha value is -4.13. The lowest BCUT2D eigenvalue weighted by atomic mass is 10.1. The molecule has 0 unspecified atom stereocenters. The monoisotopic (exact) mass is 460 g/mol. The van der Waals surface area contributed by atoms with Crippen molar-refractivity contribution in [2.75, 3.05) is 5.32 Å². The van der Waals surface area contributed by atoms with Crippen LogP contribution in [0.5, 0.6) is 0 Å². The van der Waals surface area contributed by atoms with Crippen LogP contribution in [0.4, 0.5) is 20.4 Å². The molecule has 8 nitrogen and oxygen atoms in total. The van der Waals surface area contributed by atoms with Gasteiger partial charge in [0.2, 0.25) is 0 Å². The predicted molar refractivity (Wildman–Crippen MR) is 122 cm³/mol. The lowest BCUT2D eigenvalue weighted by Crippen LogP contribution is -2.09. The fraction of sp³-hybridized carbons (Fsp3) is 0.292. The fourth-order valence-electron chi connectivity index (χ4n) is 3.87. The number of aromatic nitrogens is 6. The number of nitriles is 1. The first kappa shape index (κ1) is 21.7. The normalized spacial score (nSPS) is 13.3. The molecule has 1 aliphatic carbocycles. The summed E-state index contributed by atoms with van der Waals surface area (Å²) in [5.41, 5.74) is 3.49. The van der Waals surface area contributed by atoms with Crippen LogP contribution in [-0.4, -0.2) is 29.5 Å². The number of aryl methyl sites for hydroxylation is 1. The van der Waals surface area contributed by atoms with E-state index in [1.807, 2.05) is 23.7 Å². The highest BCUT2D eigenvalue weighted by Gasteiger charge is 2.26. The summed E-state index contributed by atoms with van der Waals surface area (Å²) in [6.45, 7) is 4.40.